The number of fused-ring (bicyclic) bond motifs is 2. The first-order valence-electron chi connectivity index (χ1n) is 13.8. The molecule has 3 fully saturated rings. The largest absolute Gasteiger partial charge is 0.471 e. The number of hydrogen-bond donors (Lipinski definition) is 2. The maximum atomic E-state index is 13.9. The fourth-order valence-electron chi connectivity index (χ4n) is 6.29. The van der Waals surface area contributed by atoms with Crippen LogP contribution in [0.1, 0.15) is 57.2 Å². The lowest BCUT2D eigenvalue weighted by Gasteiger charge is -2.37. The number of carbonyl (C=O) groups excluding carboxylic acids is 3. The Balaban J connectivity index is 1.42. The van der Waals surface area contributed by atoms with Crippen molar-refractivity contribution in [2.24, 2.45) is 17.3 Å². The van der Waals surface area contributed by atoms with Crippen LogP contribution < -0.4 is 10.6 Å². The lowest BCUT2D eigenvalue weighted by atomic mass is 9.95. The quantitative estimate of drug-likeness (QED) is 0.459. The maximum absolute atomic E-state index is 13.9. The fraction of sp³-hybridized carbons (Fsp3) is 0.552. The molecule has 2 saturated carbocycles. The van der Waals surface area contributed by atoms with Gasteiger partial charge in [0.15, 0.2) is 0 Å². The van der Waals surface area contributed by atoms with E-state index in [1.165, 1.54) is 22.5 Å². The summed E-state index contributed by atoms with van der Waals surface area (Å²) in [6.45, 7) is 5.44. The van der Waals surface area contributed by atoms with Gasteiger partial charge in [0.05, 0.1) is 35.6 Å². The molecule has 10 nitrogen and oxygen atoms in total. The van der Waals surface area contributed by atoms with Crippen molar-refractivity contribution in [2.75, 3.05) is 6.54 Å². The molecule has 3 heterocycles. The van der Waals surface area contributed by atoms with Crippen LogP contribution in [0.15, 0.2) is 24.5 Å². The van der Waals surface area contributed by atoms with Crippen LogP contribution in [0.2, 0.25) is 0 Å². The Morgan fingerprint density at radius 3 is 2.57 bits per heavy atom. The summed E-state index contributed by atoms with van der Waals surface area (Å²) in [4.78, 5) is 40.8. The Labute approximate surface area is 240 Å². The fourth-order valence-corrected chi connectivity index (χ4v) is 6.29. The van der Waals surface area contributed by atoms with Crippen molar-refractivity contribution in [1.29, 1.82) is 5.26 Å². The van der Waals surface area contributed by atoms with E-state index in [1.54, 1.807) is 18.3 Å². The van der Waals surface area contributed by atoms with Crippen LogP contribution in [0, 0.1) is 40.9 Å². The number of terminal acetylenes is 1. The normalized spacial score (nSPS) is 24.9. The molecule has 2 aromatic rings. The molecular weight excluding hydrogens is 553 g/mol. The molecule has 2 aromatic heterocycles. The molecule has 3 aliphatic rings. The Morgan fingerprint density at radius 2 is 1.98 bits per heavy atom. The number of aromatic nitrogens is 2. The zero-order chi connectivity index (χ0) is 30.6. The number of nitrogens with zero attached hydrogens (tertiary/aromatic N) is 4. The van der Waals surface area contributed by atoms with Crippen molar-refractivity contribution in [3.8, 4) is 18.4 Å². The van der Waals surface area contributed by atoms with Gasteiger partial charge in [-0.25, -0.2) is 4.52 Å². The van der Waals surface area contributed by atoms with Crippen molar-refractivity contribution in [2.45, 2.75) is 76.5 Å². The molecule has 0 radical (unpaired) electrons. The van der Waals surface area contributed by atoms with Gasteiger partial charge in [0.2, 0.25) is 11.8 Å². The molecule has 0 bridgehead atoms. The molecule has 5 unspecified atom stereocenters. The molecule has 2 N–H and O–H groups in total. The highest BCUT2D eigenvalue weighted by molar-refractivity contribution is 5.95. The number of nitriles is 1. The molecule has 5 rings (SSSR count). The monoisotopic (exact) mass is 584 g/mol. The third-order valence-corrected chi connectivity index (χ3v) is 8.95. The van der Waals surface area contributed by atoms with Gasteiger partial charge in [0, 0.05) is 18.3 Å². The van der Waals surface area contributed by atoms with Crippen molar-refractivity contribution in [3.05, 3.63) is 35.7 Å². The predicted molar refractivity (Wildman–Crippen MR) is 142 cm³/mol. The number of ether oxygens (including phenoxy) is 1. The van der Waals surface area contributed by atoms with E-state index in [4.69, 9.17) is 11.2 Å². The van der Waals surface area contributed by atoms with Crippen LogP contribution in [0.3, 0.4) is 0 Å². The van der Waals surface area contributed by atoms with Crippen LogP contribution in [0.25, 0.3) is 5.52 Å². The maximum Gasteiger partial charge on any atom is 0.471 e. The van der Waals surface area contributed by atoms with Crippen molar-refractivity contribution < 1.29 is 32.3 Å². The van der Waals surface area contributed by atoms with E-state index >= 15 is 0 Å². The van der Waals surface area contributed by atoms with Gasteiger partial charge in [-0.2, -0.15) is 23.5 Å². The predicted octanol–water partition coefficient (Wildman–Crippen LogP) is 2.48. The van der Waals surface area contributed by atoms with E-state index in [0.29, 0.717) is 29.5 Å². The summed E-state index contributed by atoms with van der Waals surface area (Å²) in [5.41, 5.74) is 0.970. The minimum atomic E-state index is -5.22. The minimum absolute atomic E-state index is 0.0930. The van der Waals surface area contributed by atoms with Gasteiger partial charge < -0.3 is 20.3 Å². The summed E-state index contributed by atoms with van der Waals surface area (Å²) >= 11 is 0. The number of rotatable bonds is 8. The van der Waals surface area contributed by atoms with Gasteiger partial charge in [0.1, 0.15) is 18.1 Å². The molecule has 0 aromatic carbocycles. The first-order chi connectivity index (χ1) is 19.8. The highest BCUT2D eigenvalue weighted by Gasteiger charge is 2.69. The summed E-state index contributed by atoms with van der Waals surface area (Å²) < 4.78 is 47.0. The summed E-state index contributed by atoms with van der Waals surface area (Å²) in [6.07, 6.45) is 4.49. The standard InChI is InChI=1S/C29H31F3N6O4/c1-5-16-8-7-11-38-23(16)18(13-34-38)20(12-33)35-25(39)24-21-19(28(21,3)4)14-37(24)26(40)22(36-27(41)29(30,31)32)15(2)42-17-9-6-10-17/h1,7-8,11,13,15,17,19-22,24H,6,9-10,14H2,2-4H3,(H,35,39)(H,36,41)/t15-,19?,20?,21?,22?,24?/m1/s1. The average Bonchev–Trinajstić information content (AvgIpc) is 3.29. The van der Waals surface area contributed by atoms with Crippen molar-refractivity contribution >= 4 is 23.2 Å². The molecule has 222 valence electrons. The van der Waals surface area contributed by atoms with Crippen LogP contribution in [0.5, 0.6) is 0 Å². The topological polar surface area (TPSA) is 129 Å². The molecule has 1 saturated heterocycles. The molecular formula is C29H31F3N6O4. The van der Waals surface area contributed by atoms with E-state index in [1.807, 2.05) is 19.2 Å². The number of carbonyl (C=O) groups is 3. The minimum Gasteiger partial charge on any atom is -0.373 e. The van der Waals surface area contributed by atoms with Gasteiger partial charge in [-0.3, -0.25) is 14.4 Å². The third kappa shape index (κ3) is 5.07. The third-order valence-electron chi connectivity index (χ3n) is 8.95. The number of halogens is 3. The Hall–Kier alpha value is -4.10. The van der Waals surface area contributed by atoms with Crippen molar-refractivity contribution in [3.63, 3.8) is 0 Å². The second-order valence-corrected chi connectivity index (χ2v) is 11.8. The average molecular weight is 585 g/mol. The molecule has 2 aliphatic carbocycles. The second-order valence-electron chi connectivity index (χ2n) is 11.8. The van der Waals surface area contributed by atoms with Gasteiger partial charge in [0.25, 0.3) is 0 Å². The number of likely N-dealkylation sites (tertiary alicyclic amines) is 1. The van der Waals surface area contributed by atoms with E-state index in [9.17, 15) is 32.8 Å². The lowest BCUT2D eigenvalue weighted by molar-refractivity contribution is -0.177. The van der Waals surface area contributed by atoms with E-state index in [0.717, 1.165) is 6.42 Å². The van der Waals surface area contributed by atoms with Crippen LogP contribution >= 0.6 is 0 Å². The first-order valence-corrected chi connectivity index (χ1v) is 13.8. The molecule has 0 spiro atoms. The van der Waals surface area contributed by atoms with Gasteiger partial charge in [-0.05, 0) is 55.6 Å². The van der Waals surface area contributed by atoms with Crippen LogP contribution in [-0.4, -0.2) is 69.2 Å². The van der Waals surface area contributed by atoms with E-state index in [2.05, 4.69) is 22.4 Å². The van der Waals surface area contributed by atoms with Crippen LogP contribution in [-0.2, 0) is 19.1 Å². The molecule has 1 aliphatic heterocycles. The number of piperidine rings is 1. The number of hydrogen-bond acceptors (Lipinski definition) is 6. The zero-order valence-electron chi connectivity index (χ0n) is 23.3. The highest BCUT2D eigenvalue weighted by atomic mass is 19.4. The van der Waals surface area contributed by atoms with Crippen LogP contribution in [0.4, 0.5) is 13.2 Å². The van der Waals surface area contributed by atoms with E-state index < -0.39 is 48.1 Å². The summed E-state index contributed by atoms with van der Waals surface area (Å²) in [7, 11) is 0. The number of alkyl halides is 3. The van der Waals surface area contributed by atoms with Gasteiger partial charge >= 0.3 is 12.1 Å². The molecule has 13 heteroatoms. The zero-order valence-corrected chi connectivity index (χ0v) is 23.3. The Morgan fingerprint density at radius 1 is 1.26 bits per heavy atom. The summed E-state index contributed by atoms with van der Waals surface area (Å²) in [6, 6.07) is 1.50. The molecule has 42 heavy (non-hydrogen) atoms. The Kier molecular flexibility index (Phi) is 7.44. The van der Waals surface area contributed by atoms with Gasteiger partial charge in [-0.15, -0.1) is 6.42 Å². The summed E-state index contributed by atoms with van der Waals surface area (Å²) in [5, 5.41) is 18.7. The SMILES string of the molecule is C#Cc1cccn2ncc(C(C#N)NC(=O)C3C4C(CN3C(=O)C(NC(=O)C(F)(F)F)[C@@H](C)OC3CCC3)C4(C)C)c12. The second kappa shape index (κ2) is 10.6. The molecule has 3 amide bonds. The number of nitrogens with one attached hydrogen (secondary N) is 2. The first kappa shape index (κ1) is 29.4. The smallest absolute Gasteiger partial charge is 0.373 e. The summed E-state index contributed by atoms with van der Waals surface area (Å²) in [5.74, 6) is -1.60. The lowest BCUT2D eigenvalue weighted by Crippen LogP contribution is -2.60. The highest BCUT2D eigenvalue weighted by Crippen LogP contribution is 2.65. The molecule has 6 atom stereocenters. The van der Waals surface area contributed by atoms with Crippen molar-refractivity contribution in [1.82, 2.24) is 25.1 Å². The van der Waals surface area contributed by atoms with E-state index in [-0.39, 0.29) is 29.9 Å². The van der Waals surface area contributed by atoms with Gasteiger partial charge in [-0.1, -0.05) is 19.8 Å². The Bertz CT molecular complexity index is 1500. The number of pyridine rings is 1. The number of amides is 3.